The zero-order valence-electron chi connectivity index (χ0n) is 11.4. The number of anilines is 1. The van der Waals surface area contributed by atoms with E-state index < -0.39 is 0 Å². The molecule has 0 unspecified atom stereocenters. The molecule has 0 amide bonds. The van der Waals surface area contributed by atoms with Gasteiger partial charge in [0.05, 0.1) is 12.7 Å². The van der Waals surface area contributed by atoms with E-state index in [1.54, 1.807) is 12.1 Å². The van der Waals surface area contributed by atoms with Crippen molar-refractivity contribution in [2.45, 2.75) is 13.5 Å². The van der Waals surface area contributed by atoms with Crippen LogP contribution < -0.4 is 10.1 Å². The van der Waals surface area contributed by atoms with Gasteiger partial charge >= 0.3 is 0 Å². The van der Waals surface area contributed by atoms with Crippen LogP contribution in [0.4, 0.5) is 10.1 Å². The number of halogens is 1. The summed E-state index contributed by atoms with van der Waals surface area (Å²) in [5.74, 6) is 0.290. The van der Waals surface area contributed by atoms with Gasteiger partial charge in [0, 0.05) is 12.2 Å². The molecule has 0 aromatic heterocycles. The molecule has 0 radical (unpaired) electrons. The first kappa shape index (κ1) is 13.9. The SMILES string of the molecule is COc1ccc(CNc2cc(C)cc(F)c2)cc1C#N. The van der Waals surface area contributed by atoms with E-state index in [0.717, 1.165) is 16.8 Å². The van der Waals surface area contributed by atoms with Gasteiger partial charge in [-0.1, -0.05) is 6.07 Å². The molecular weight excluding hydrogens is 255 g/mol. The minimum Gasteiger partial charge on any atom is -0.495 e. The predicted octanol–water partition coefficient (Wildman–Crippen LogP) is 3.63. The van der Waals surface area contributed by atoms with Crippen molar-refractivity contribution in [3.05, 3.63) is 58.9 Å². The first-order valence-electron chi connectivity index (χ1n) is 6.20. The summed E-state index contributed by atoms with van der Waals surface area (Å²) in [7, 11) is 1.53. The zero-order chi connectivity index (χ0) is 14.5. The van der Waals surface area contributed by atoms with Crippen molar-refractivity contribution in [1.29, 1.82) is 5.26 Å². The van der Waals surface area contributed by atoms with Gasteiger partial charge in [-0.15, -0.1) is 0 Å². The summed E-state index contributed by atoms with van der Waals surface area (Å²) in [5.41, 5.74) is 3.00. The number of hydrogen-bond donors (Lipinski definition) is 1. The molecule has 0 saturated carbocycles. The normalized spacial score (nSPS) is 9.90. The molecule has 4 heteroatoms. The second-order valence-corrected chi connectivity index (χ2v) is 4.52. The van der Waals surface area contributed by atoms with Crippen molar-refractivity contribution in [1.82, 2.24) is 0 Å². The largest absolute Gasteiger partial charge is 0.495 e. The molecule has 0 spiro atoms. The quantitative estimate of drug-likeness (QED) is 0.922. The lowest BCUT2D eigenvalue weighted by Gasteiger charge is -2.09. The highest BCUT2D eigenvalue weighted by atomic mass is 19.1. The fraction of sp³-hybridized carbons (Fsp3) is 0.188. The van der Waals surface area contributed by atoms with E-state index in [4.69, 9.17) is 10.00 Å². The molecule has 0 atom stereocenters. The van der Waals surface area contributed by atoms with Crippen molar-refractivity contribution < 1.29 is 9.13 Å². The summed E-state index contributed by atoms with van der Waals surface area (Å²) >= 11 is 0. The number of ether oxygens (including phenoxy) is 1. The molecule has 0 aliphatic heterocycles. The molecular formula is C16H15FN2O. The van der Waals surface area contributed by atoms with E-state index in [1.165, 1.54) is 19.2 Å². The van der Waals surface area contributed by atoms with Gasteiger partial charge in [0.2, 0.25) is 0 Å². The van der Waals surface area contributed by atoms with Crippen LogP contribution in [0.15, 0.2) is 36.4 Å². The minimum absolute atomic E-state index is 0.264. The summed E-state index contributed by atoms with van der Waals surface area (Å²) in [6, 6.07) is 12.3. The van der Waals surface area contributed by atoms with Crippen LogP contribution in [-0.2, 0) is 6.54 Å². The first-order valence-corrected chi connectivity index (χ1v) is 6.20. The van der Waals surface area contributed by atoms with Crippen LogP contribution in [0.2, 0.25) is 0 Å². The number of nitrogens with zero attached hydrogens (tertiary/aromatic N) is 1. The number of methoxy groups -OCH3 is 1. The predicted molar refractivity (Wildman–Crippen MR) is 76.2 cm³/mol. The Morgan fingerprint density at radius 3 is 2.70 bits per heavy atom. The lowest BCUT2D eigenvalue weighted by molar-refractivity contribution is 0.413. The molecule has 0 aliphatic rings. The third-order valence-corrected chi connectivity index (χ3v) is 2.92. The Balaban J connectivity index is 2.13. The van der Waals surface area contributed by atoms with E-state index in [-0.39, 0.29) is 5.82 Å². The van der Waals surface area contributed by atoms with Crippen LogP contribution in [0.3, 0.4) is 0 Å². The second kappa shape index (κ2) is 6.07. The number of rotatable bonds is 4. The average Bonchev–Trinajstić information content (AvgIpc) is 2.43. The highest BCUT2D eigenvalue weighted by Crippen LogP contribution is 2.20. The highest BCUT2D eigenvalue weighted by molar-refractivity contribution is 5.49. The maximum absolute atomic E-state index is 13.3. The van der Waals surface area contributed by atoms with Gasteiger partial charge in [0.15, 0.2) is 0 Å². The minimum atomic E-state index is -0.264. The maximum Gasteiger partial charge on any atom is 0.136 e. The molecule has 0 heterocycles. The fourth-order valence-electron chi connectivity index (χ4n) is 1.99. The molecule has 1 N–H and O–H groups in total. The van der Waals surface area contributed by atoms with Crippen LogP contribution in [0.1, 0.15) is 16.7 Å². The average molecular weight is 270 g/mol. The van der Waals surface area contributed by atoms with E-state index in [9.17, 15) is 4.39 Å². The molecule has 2 aromatic carbocycles. The molecule has 3 nitrogen and oxygen atoms in total. The van der Waals surface area contributed by atoms with Gasteiger partial charge in [-0.05, 0) is 48.4 Å². The van der Waals surface area contributed by atoms with E-state index in [0.29, 0.717) is 17.9 Å². The van der Waals surface area contributed by atoms with E-state index in [2.05, 4.69) is 11.4 Å². The Kier molecular flexibility index (Phi) is 4.21. The third kappa shape index (κ3) is 3.27. The Hall–Kier alpha value is -2.54. The third-order valence-electron chi connectivity index (χ3n) is 2.92. The van der Waals surface area contributed by atoms with Crippen LogP contribution >= 0.6 is 0 Å². The first-order chi connectivity index (χ1) is 9.62. The molecule has 2 aromatic rings. The van der Waals surface area contributed by atoms with Crippen molar-refractivity contribution in [2.75, 3.05) is 12.4 Å². The van der Waals surface area contributed by atoms with Crippen molar-refractivity contribution in [2.24, 2.45) is 0 Å². The number of benzene rings is 2. The number of nitrogens with one attached hydrogen (secondary N) is 1. The summed E-state index contributed by atoms with van der Waals surface area (Å²) in [6.45, 7) is 2.36. The van der Waals surface area contributed by atoms with Crippen molar-refractivity contribution in [3.63, 3.8) is 0 Å². The Morgan fingerprint density at radius 1 is 1.25 bits per heavy atom. The standard InChI is InChI=1S/C16H15FN2O/c1-11-5-14(17)8-15(6-11)19-10-12-3-4-16(20-2)13(7-12)9-18/h3-8,19H,10H2,1-2H3. The smallest absolute Gasteiger partial charge is 0.136 e. The monoisotopic (exact) mass is 270 g/mol. The van der Waals surface area contributed by atoms with Gasteiger partial charge in [0.1, 0.15) is 17.6 Å². The Bertz CT molecular complexity index is 642. The summed E-state index contributed by atoms with van der Waals surface area (Å²) in [6.07, 6.45) is 0. The van der Waals surface area contributed by atoms with E-state index in [1.807, 2.05) is 19.1 Å². The topological polar surface area (TPSA) is 45.0 Å². The molecule has 0 saturated heterocycles. The summed E-state index contributed by atoms with van der Waals surface area (Å²) in [5, 5.41) is 12.2. The molecule has 20 heavy (non-hydrogen) atoms. The van der Waals surface area contributed by atoms with Crippen LogP contribution in [0.25, 0.3) is 0 Å². The maximum atomic E-state index is 13.3. The van der Waals surface area contributed by atoms with Crippen molar-refractivity contribution >= 4 is 5.69 Å². The summed E-state index contributed by atoms with van der Waals surface area (Å²) < 4.78 is 18.4. The number of aryl methyl sites for hydroxylation is 1. The number of hydrogen-bond acceptors (Lipinski definition) is 3. The molecule has 102 valence electrons. The van der Waals surface area contributed by atoms with Gasteiger partial charge < -0.3 is 10.1 Å². The highest BCUT2D eigenvalue weighted by Gasteiger charge is 2.04. The van der Waals surface area contributed by atoms with Crippen LogP contribution in [0, 0.1) is 24.1 Å². The molecule has 0 aliphatic carbocycles. The molecule has 2 rings (SSSR count). The molecule has 0 fully saturated rings. The fourth-order valence-corrected chi connectivity index (χ4v) is 1.99. The van der Waals surface area contributed by atoms with Gasteiger partial charge in [-0.25, -0.2) is 4.39 Å². The van der Waals surface area contributed by atoms with Gasteiger partial charge in [0.25, 0.3) is 0 Å². The lowest BCUT2D eigenvalue weighted by Crippen LogP contribution is -2.01. The van der Waals surface area contributed by atoms with E-state index >= 15 is 0 Å². The van der Waals surface area contributed by atoms with Crippen molar-refractivity contribution in [3.8, 4) is 11.8 Å². The summed E-state index contributed by atoms with van der Waals surface area (Å²) in [4.78, 5) is 0. The van der Waals surface area contributed by atoms with Crippen LogP contribution in [-0.4, -0.2) is 7.11 Å². The number of nitriles is 1. The molecule has 0 bridgehead atoms. The second-order valence-electron chi connectivity index (χ2n) is 4.52. The van der Waals surface area contributed by atoms with Gasteiger partial charge in [-0.3, -0.25) is 0 Å². The Labute approximate surface area is 117 Å². The van der Waals surface area contributed by atoms with Crippen LogP contribution in [0.5, 0.6) is 5.75 Å². The Morgan fingerprint density at radius 2 is 2.05 bits per heavy atom. The zero-order valence-corrected chi connectivity index (χ0v) is 11.4. The lowest BCUT2D eigenvalue weighted by atomic mass is 10.1. The van der Waals surface area contributed by atoms with Gasteiger partial charge in [-0.2, -0.15) is 5.26 Å².